The van der Waals surface area contributed by atoms with Crippen molar-refractivity contribution < 1.29 is 0 Å². The third-order valence-corrected chi connectivity index (χ3v) is 2.14. The highest BCUT2D eigenvalue weighted by Crippen LogP contribution is 2.17. The number of aromatic amines is 1. The highest BCUT2D eigenvalue weighted by molar-refractivity contribution is 5.58. The van der Waals surface area contributed by atoms with E-state index in [1.807, 2.05) is 36.5 Å². The van der Waals surface area contributed by atoms with Crippen molar-refractivity contribution in [2.45, 2.75) is 13.3 Å². The van der Waals surface area contributed by atoms with Crippen LogP contribution in [0.5, 0.6) is 0 Å². The molecule has 0 fully saturated rings. The second kappa shape index (κ2) is 3.96. The zero-order chi connectivity index (χ0) is 9.80. The van der Waals surface area contributed by atoms with Crippen LogP contribution < -0.4 is 5.32 Å². The highest BCUT2D eigenvalue weighted by atomic mass is 15.2. The van der Waals surface area contributed by atoms with Crippen LogP contribution in [0.25, 0.3) is 0 Å². The summed E-state index contributed by atoms with van der Waals surface area (Å²) in [6.45, 7) is 2.11. The fraction of sp³-hybridized carbons (Fsp3) is 0.182. The van der Waals surface area contributed by atoms with E-state index in [-0.39, 0.29) is 0 Å². The van der Waals surface area contributed by atoms with Crippen molar-refractivity contribution >= 4 is 11.5 Å². The number of aromatic nitrogens is 2. The molecule has 0 saturated carbocycles. The van der Waals surface area contributed by atoms with Crippen LogP contribution in [0.4, 0.5) is 11.5 Å². The quantitative estimate of drug-likeness (QED) is 0.775. The predicted octanol–water partition coefficient (Wildman–Crippen LogP) is 2.72. The van der Waals surface area contributed by atoms with Gasteiger partial charge in [0.25, 0.3) is 0 Å². The van der Waals surface area contributed by atoms with E-state index >= 15 is 0 Å². The Hall–Kier alpha value is -1.77. The fourth-order valence-corrected chi connectivity index (χ4v) is 1.35. The molecule has 14 heavy (non-hydrogen) atoms. The Bertz CT molecular complexity index is 392. The molecule has 1 heterocycles. The molecule has 0 radical (unpaired) electrons. The van der Waals surface area contributed by atoms with Crippen LogP contribution in [-0.2, 0) is 6.42 Å². The Morgan fingerprint density at radius 1 is 1.29 bits per heavy atom. The van der Waals surface area contributed by atoms with Gasteiger partial charge in [-0.3, -0.25) is 5.10 Å². The molecule has 0 bridgehead atoms. The average molecular weight is 187 g/mol. The number of hydrogen-bond acceptors (Lipinski definition) is 2. The summed E-state index contributed by atoms with van der Waals surface area (Å²) in [7, 11) is 0. The summed E-state index contributed by atoms with van der Waals surface area (Å²) in [4.78, 5) is 0. The zero-order valence-corrected chi connectivity index (χ0v) is 8.12. The maximum absolute atomic E-state index is 4.00. The van der Waals surface area contributed by atoms with E-state index in [2.05, 4.69) is 22.4 Å². The van der Waals surface area contributed by atoms with Gasteiger partial charge in [0.05, 0.1) is 6.20 Å². The van der Waals surface area contributed by atoms with Crippen molar-refractivity contribution in [3.05, 3.63) is 42.1 Å². The monoisotopic (exact) mass is 187 g/mol. The van der Waals surface area contributed by atoms with Crippen LogP contribution in [0.1, 0.15) is 12.5 Å². The van der Waals surface area contributed by atoms with Gasteiger partial charge in [-0.1, -0.05) is 25.1 Å². The van der Waals surface area contributed by atoms with E-state index in [0.29, 0.717) is 0 Å². The van der Waals surface area contributed by atoms with Crippen molar-refractivity contribution in [1.29, 1.82) is 0 Å². The molecule has 2 aromatic rings. The average Bonchev–Trinajstić information content (AvgIpc) is 2.67. The van der Waals surface area contributed by atoms with Gasteiger partial charge in [-0.05, 0) is 18.6 Å². The molecule has 0 aliphatic carbocycles. The van der Waals surface area contributed by atoms with Crippen LogP contribution in [0.2, 0.25) is 0 Å². The highest BCUT2D eigenvalue weighted by Gasteiger charge is 2.01. The van der Waals surface area contributed by atoms with E-state index in [1.165, 1.54) is 5.56 Å². The van der Waals surface area contributed by atoms with Crippen LogP contribution >= 0.6 is 0 Å². The van der Waals surface area contributed by atoms with E-state index in [4.69, 9.17) is 0 Å². The predicted molar refractivity (Wildman–Crippen MR) is 57.7 cm³/mol. The second-order valence-electron chi connectivity index (χ2n) is 3.11. The minimum Gasteiger partial charge on any atom is -0.340 e. The standard InChI is InChI=1S/C11H13N3/c1-2-9-8-12-14-11(9)13-10-6-4-3-5-7-10/h3-8H,2H2,1H3,(H2,12,13,14). The number of aryl methyl sites for hydroxylation is 1. The molecule has 0 aliphatic heterocycles. The molecule has 0 spiro atoms. The normalized spacial score (nSPS) is 10.1. The molecule has 0 aliphatic rings. The van der Waals surface area contributed by atoms with Crippen LogP contribution in [-0.4, -0.2) is 10.2 Å². The summed E-state index contributed by atoms with van der Waals surface area (Å²) in [5, 5.41) is 10.2. The minimum atomic E-state index is 0.978. The Balaban J connectivity index is 2.19. The molecule has 1 aromatic heterocycles. The van der Waals surface area contributed by atoms with Gasteiger partial charge in [-0.2, -0.15) is 5.10 Å². The lowest BCUT2D eigenvalue weighted by molar-refractivity contribution is 1.09. The number of nitrogens with one attached hydrogen (secondary N) is 2. The zero-order valence-electron chi connectivity index (χ0n) is 8.12. The van der Waals surface area contributed by atoms with Crippen molar-refractivity contribution in [1.82, 2.24) is 10.2 Å². The van der Waals surface area contributed by atoms with E-state index < -0.39 is 0 Å². The summed E-state index contributed by atoms with van der Waals surface area (Å²) in [6.07, 6.45) is 2.83. The smallest absolute Gasteiger partial charge is 0.129 e. The Kier molecular flexibility index (Phi) is 2.49. The summed E-state index contributed by atoms with van der Waals surface area (Å²) >= 11 is 0. The number of rotatable bonds is 3. The first-order chi connectivity index (χ1) is 6.90. The van der Waals surface area contributed by atoms with Crippen molar-refractivity contribution in [2.75, 3.05) is 5.32 Å². The van der Waals surface area contributed by atoms with Crippen molar-refractivity contribution in [2.24, 2.45) is 0 Å². The summed E-state index contributed by atoms with van der Waals surface area (Å²) < 4.78 is 0. The first-order valence-corrected chi connectivity index (χ1v) is 4.74. The molecule has 3 nitrogen and oxygen atoms in total. The Morgan fingerprint density at radius 3 is 2.79 bits per heavy atom. The van der Waals surface area contributed by atoms with Gasteiger partial charge in [0.2, 0.25) is 0 Å². The molecule has 2 rings (SSSR count). The first-order valence-electron chi connectivity index (χ1n) is 4.74. The number of anilines is 2. The number of hydrogen-bond donors (Lipinski definition) is 2. The van der Waals surface area contributed by atoms with E-state index in [9.17, 15) is 0 Å². The van der Waals surface area contributed by atoms with Crippen molar-refractivity contribution in [3.8, 4) is 0 Å². The van der Waals surface area contributed by atoms with Gasteiger partial charge in [-0.25, -0.2) is 0 Å². The lowest BCUT2D eigenvalue weighted by atomic mass is 10.2. The van der Waals surface area contributed by atoms with Gasteiger partial charge in [0.1, 0.15) is 5.82 Å². The van der Waals surface area contributed by atoms with E-state index in [1.54, 1.807) is 0 Å². The van der Waals surface area contributed by atoms with E-state index in [0.717, 1.165) is 17.9 Å². The van der Waals surface area contributed by atoms with Crippen LogP contribution in [0.15, 0.2) is 36.5 Å². The molecule has 0 unspecified atom stereocenters. The third kappa shape index (κ3) is 1.76. The molecular weight excluding hydrogens is 174 g/mol. The van der Waals surface area contributed by atoms with Crippen LogP contribution in [0, 0.1) is 0 Å². The molecule has 72 valence electrons. The third-order valence-electron chi connectivity index (χ3n) is 2.14. The Morgan fingerprint density at radius 2 is 2.07 bits per heavy atom. The maximum atomic E-state index is 4.00. The number of para-hydroxylation sites is 1. The van der Waals surface area contributed by atoms with Gasteiger partial charge < -0.3 is 5.32 Å². The molecule has 2 N–H and O–H groups in total. The molecule has 0 saturated heterocycles. The molecule has 3 heteroatoms. The first kappa shape index (κ1) is 8.81. The summed E-state index contributed by atoms with van der Waals surface area (Å²) in [6, 6.07) is 10.1. The molecule has 0 atom stereocenters. The van der Waals surface area contributed by atoms with Crippen molar-refractivity contribution in [3.63, 3.8) is 0 Å². The van der Waals surface area contributed by atoms with Crippen LogP contribution in [0.3, 0.4) is 0 Å². The number of benzene rings is 1. The van der Waals surface area contributed by atoms with Gasteiger partial charge in [-0.15, -0.1) is 0 Å². The maximum Gasteiger partial charge on any atom is 0.129 e. The SMILES string of the molecule is CCc1cn[nH]c1Nc1ccccc1. The largest absolute Gasteiger partial charge is 0.340 e. The molecule has 1 aromatic carbocycles. The van der Waals surface area contributed by atoms with Gasteiger partial charge >= 0.3 is 0 Å². The van der Waals surface area contributed by atoms with Gasteiger partial charge in [0, 0.05) is 11.3 Å². The fourth-order valence-electron chi connectivity index (χ4n) is 1.35. The number of H-pyrrole nitrogens is 1. The second-order valence-corrected chi connectivity index (χ2v) is 3.11. The Labute approximate surface area is 83.2 Å². The summed E-state index contributed by atoms with van der Waals surface area (Å²) in [5.41, 5.74) is 2.28. The topological polar surface area (TPSA) is 40.7 Å². The van der Waals surface area contributed by atoms with Gasteiger partial charge in [0.15, 0.2) is 0 Å². The lowest BCUT2D eigenvalue weighted by Gasteiger charge is -2.04. The lowest BCUT2D eigenvalue weighted by Crippen LogP contribution is -1.93. The molecular formula is C11H13N3. The summed E-state index contributed by atoms with van der Waals surface area (Å²) in [5.74, 6) is 0.985. The minimum absolute atomic E-state index is 0.978. The molecule has 0 amide bonds. The number of nitrogens with zero attached hydrogens (tertiary/aromatic N) is 1.